The lowest BCUT2D eigenvalue weighted by Gasteiger charge is -2.32. The van der Waals surface area contributed by atoms with Crippen molar-refractivity contribution in [3.8, 4) is 0 Å². The molecular weight excluding hydrogens is 290 g/mol. The average molecular weight is 329 g/mol. The van der Waals surface area contributed by atoms with Gasteiger partial charge in [-0.3, -0.25) is 14.4 Å². The molecule has 0 bridgehead atoms. The predicted molar refractivity (Wildman–Crippen MR) is 96.9 cm³/mol. The maximum atomic E-state index is 12.3. The highest BCUT2D eigenvalue weighted by Crippen LogP contribution is 2.14. The van der Waals surface area contributed by atoms with Crippen LogP contribution in [0, 0.1) is 5.92 Å². The summed E-state index contributed by atoms with van der Waals surface area (Å²) >= 11 is 0. The second kappa shape index (κ2) is 11.3. The molecule has 0 spiro atoms. The van der Waals surface area contributed by atoms with Gasteiger partial charge < -0.3 is 4.74 Å². The van der Waals surface area contributed by atoms with Crippen LogP contribution in [0.25, 0.3) is 0 Å². The Labute approximate surface area is 143 Å². The summed E-state index contributed by atoms with van der Waals surface area (Å²) < 4.78 is 7.47. The lowest BCUT2D eigenvalue weighted by molar-refractivity contribution is -0.538. The van der Waals surface area contributed by atoms with Crippen molar-refractivity contribution in [1.82, 2.24) is 9.80 Å². The molecule has 0 amide bonds. The first-order valence-electron chi connectivity index (χ1n) is 9.06. The van der Waals surface area contributed by atoms with Gasteiger partial charge in [-0.15, -0.1) is 0 Å². The van der Waals surface area contributed by atoms with E-state index < -0.39 is 0 Å². The third-order valence-electron chi connectivity index (χ3n) is 4.12. The van der Waals surface area contributed by atoms with E-state index in [2.05, 4.69) is 55.9 Å². The van der Waals surface area contributed by atoms with E-state index in [0.29, 0.717) is 0 Å². The van der Waals surface area contributed by atoms with Crippen LogP contribution >= 0.6 is 0 Å². The van der Waals surface area contributed by atoms with E-state index in [9.17, 15) is 4.79 Å². The smallest absolute Gasteiger partial charge is 0.350 e. The van der Waals surface area contributed by atoms with Gasteiger partial charge in [-0.05, 0) is 32.6 Å². The molecule has 0 rings (SSSR count). The van der Waals surface area contributed by atoms with Gasteiger partial charge in [-0.25, -0.2) is 4.79 Å². The Morgan fingerprint density at radius 1 is 1.04 bits per heavy atom. The number of likely N-dealkylation sites (N-methyl/N-ethyl adjacent to an activating group) is 1. The van der Waals surface area contributed by atoms with E-state index in [1.807, 2.05) is 7.05 Å². The Balaban J connectivity index is 5.98. The summed E-state index contributed by atoms with van der Waals surface area (Å²) in [5, 5.41) is 0. The summed E-state index contributed by atoms with van der Waals surface area (Å²) in [4.78, 5) is 16.8. The van der Waals surface area contributed by atoms with Crippen LogP contribution in [0.1, 0.15) is 54.4 Å². The molecule has 23 heavy (non-hydrogen) atoms. The highest BCUT2D eigenvalue weighted by molar-refractivity contribution is 5.84. The van der Waals surface area contributed by atoms with Gasteiger partial charge in [0.2, 0.25) is 0 Å². The van der Waals surface area contributed by atoms with Gasteiger partial charge in [0.1, 0.15) is 0 Å². The topological polar surface area (TPSA) is 35.8 Å². The molecule has 5 heteroatoms. The van der Waals surface area contributed by atoms with Crippen LogP contribution < -0.4 is 0 Å². The van der Waals surface area contributed by atoms with Crippen molar-refractivity contribution in [3.05, 3.63) is 0 Å². The average Bonchev–Trinajstić information content (AvgIpc) is 2.51. The van der Waals surface area contributed by atoms with E-state index in [1.165, 1.54) is 7.11 Å². The van der Waals surface area contributed by atoms with E-state index >= 15 is 0 Å². The summed E-state index contributed by atoms with van der Waals surface area (Å²) in [7, 11) is 3.49. The molecular formula is C18H38N3O2+. The second-order valence-electron chi connectivity index (χ2n) is 6.28. The molecule has 136 valence electrons. The molecule has 0 unspecified atom stereocenters. The van der Waals surface area contributed by atoms with Gasteiger partial charge in [0, 0.05) is 0 Å². The first-order valence-corrected chi connectivity index (χ1v) is 9.06. The van der Waals surface area contributed by atoms with Crippen molar-refractivity contribution in [2.24, 2.45) is 5.92 Å². The molecule has 0 aromatic carbocycles. The van der Waals surface area contributed by atoms with E-state index in [4.69, 9.17) is 4.74 Å². The minimum atomic E-state index is -0.271. The quantitative estimate of drug-likeness (QED) is 0.282. The van der Waals surface area contributed by atoms with Crippen molar-refractivity contribution in [2.75, 3.05) is 40.3 Å². The lowest BCUT2D eigenvalue weighted by Crippen LogP contribution is -2.56. The molecule has 1 atom stereocenters. The number of rotatable bonds is 9. The highest BCUT2D eigenvalue weighted by Gasteiger charge is 2.37. The molecule has 0 saturated heterocycles. The van der Waals surface area contributed by atoms with Crippen LogP contribution in [0.5, 0.6) is 0 Å². The zero-order valence-corrected chi connectivity index (χ0v) is 16.6. The molecule has 0 aliphatic carbocycles. The lowest BCUT2D eigenvalue weighted by atomic mass is 10.0. The molecule has 0 radical (unpaired) electrons. The normalized spacial score (nSPS) is 12.0. The maximum absolute atomic E-state index is 12.3. The van der Waals surface area contributed by atoms with Gasteiger partial charge >= 0.3 is 11.9 Å². The van der Waals surface area contributed by atoms with E-state index in [0.717, 1.165) is 45.0 Å². The number of carbonyl (C=O) groups is 1. The van der Waals surface area contributed by atoms with E-state index in [1.54, 1.807) is 0 Å². The fourth-order valence-electron chi connectivity index (χ4n) is 3.13. The molecule has 0 saturated carbocycles. The van der Waals surface area contributed by atoms with Crippen molar-refractivity contribution in [1.29, 1.82) is 0 Å². The summed E-state index contributed by atoms with van der Waals surface area (Å²) in [6, 6.07) is -0.271. The van der Waals surface area contributed by atoms with Crippen LogP contribution in [0.4, 0.5) is 0 Å². The van der Waals surface area contributed by atoms with Crippen molar-refractivity contribution in [3.63, 3.8) is 0 Å². The monoisotopic (exact) mass is 328 g/mol. The number of carbonyl (C=O) groups excluding carboxylic acids is 1. The maximum Gasteiger partial charge on any atom is 0.350 e. The zero-order valence-electron chi connectivity index (χ0n) is 16.6. The molecule has 0 heterocycles. The van der Waals surface area contributed by atoms with Crippen LogP contribution in [-0.2, 0) is 9.53 Å². The summed E-state index contributed by atoms with van der Waals surface area (Å²) in [6.07, 6.45) is 2.17. The molecule has 5 nitrogen and oxygen atoms in total. The minimum absolute atomic E-state index is 0.167. The zero-order chi connectivity index (χ0) is 18.0. The summed E-state index contributed by atoms with van der Waals surface area (Å²) in [5.41, 5.74) is 0. The Bertz CT molecular complexity index is 368. The van der Waals surface area contributed by atoms with Crippen molar-refractivity contribution >= 4 is 11.9 Å². The Hall–Kier alpha value is -1.26. The predicted octanol–water partition coefficient (Wildman–Crippen LogP) is 2.65. The fourth-order valence-corrected chi connectivity index (χ4v) is 3.13. The number of methoxy groups -OCH3 is 1. The number of hydrogen-bond donors (Lipinski definition) is 0. The molecule has 0 aromatic heterocycles. The summed E-state index contributed by atoms with van der Waals surface area (Å²) in [6.45, 7) is 16.7. The van der Waals surface area contributed by atoms with Crippen LogP contribution in [0.15, 0.2) is 0 Å². The minimum Gasteiger partial charge on any atom is -0.466 e. The Morgan fingerprint density at radius 3 is 1.83 bits per heavy atom. The molecule has 0 fully saturated rings. The van der Waals surface area contributed by atoms with Gasteiger partial charge in [-0.1, -0.05) is 27.7 Å². The third kappa shape index (κ3) is 6.04. The van der Waals surface area contributed by atoms with Gasteiger partial charge in [0.15, 0.2) is 6.04 Å². The number of guanidine groups is 1. The first kappa shape index (κ1) is 21.7. The van der Waals surface area contributed by atoms with E-state index in [-0.39, 0.29) is 17.9 Å². The fraction of sp³-hybridized carbons (Fsp3) is 0.889. The molecule has 0 aromatic rings. The number of hydrogen-bond acceptors (Lipinski definition) is 2. The number of nitrogens with zero attached hydrogens (tertiary/aromatic N) is 3. The molecule has 0 aliphatic heterocycles. The second-order valence-corrected chi connectivity index (χ2v) is 6.28. The standard InChI is InChI=1S/C18H38N3O2/c1-9-13-21(14-10-2)18(20(11-3)12-4)19(7)16(15(5)6)17(22)23-8/h15-16H,9-14H2,1-8H3/q+1/t16-/m0/s1. The number of ether oxygens (including phenoxy) is 1. The SMILES string of the molecule is CCC[N+](CCC)=C(N(CC)CC)N(C)[C@H](C(=O)OC)C(C)C. The Kier molecular flexibility index (Phi) is 10.7. The van der Waals surface area contributed by atoms with Crippen molar-refractivity contribution < 1.29 is 14.1 Å². The van der Waals surface area contributed by atoms with Crippen LogP contribution in [-0.4, -0.2) is 72.7 Å². The largest absolute Gasteiger partial charge is 0.466 e. The third-order valence-corrected chi connectivity index (χ3v) is 4.12. The first-order chi connectivity index (χ1) is 10.9. The highest BCUT2D eigenvalue weighted by atomic mass is 16.5. The number of esters is 1. The molecule has 0 N–H and O–H groups in total. The molecule has 0 aliphatic rings. The van der Waals surface area contributed by atoms with Gasteiger partial charge in [-0.2, -0.15) is 0 Å². The van der Waals surface area contributed by atoms with Gasteiger partial charge in [0.25, 0.3) is 0 Å². The summed E-state index contributed by atoms with van der Waals surface area (Å²) in [5.74, 6) is 1.16. The van der Waals surface area contributed by atoms with Crippen LogP contribution in [0.3, 0.4) is 0 Å². The van der Waals surface area contributed by atoms with Crippen molar-refractivity contribution in [2.45, 2.75) is 60.4 Å². The Morgan fingerprint density at radius 2 is 1.52 bits per heavy atom. The van der Waals surface area contributed by atoms with Crippen LogP contribution in [0.2, 0.25) is 0 Å². The van der Waals surface area contributed by atoms with Gasteiger partial charge in [0.05, 0.1) is 40.3 Å².